The number of aromatic nitrogens is 1. The van der Waals surface area contributed by atoms with E-state index in [4.69, 9.17) is 10.2 Å². The lowest BCUT2D eigenvalue weighted by atomic mass is 10.0. The zero-order valence-corrected chi connectivity index (χ0v) is 11.2. The molecule has 0 saturated carbocycles. The van der Waals surface area contributed by atoms with Gasteiger partial charge in [-0.1, -0.05) is 0 Å². The summed E-state index contributed by atoms with van der Waals surface area (Å²) in [6.07, 6.45) is 5.37. The molecule has 1 aliphatic heterocycles. The molecule has 106 valence electrons. The molecule has 0 unspecified atom stereocenters. The van der Waals surface area contributed by atoms with Gasteiger partial charge in [0.1, 0.15) is 11.4 Å². The Bertz CT molecular complexity index is 602. The van der Waals surface area contributed by atoms with Gasteiger partial charge in [0.15, 0.2) is 0 Å². The van der Waals surface area contributed by atoms with Crippen LogP contribution in [0.1, 0.15) is 12.8 Å². The largest absolute Gasteiger partial charge is 0.464 e. The third-order valence-electron chi connectivity index (χ3n) is 3.69. The number of hydrogen-bond donors (Lipinski definition) is 2. The van der Waals surface area contributed by atoms with Gasteiger partial charge in [0.25, 0.3) is 0 Å². The van der Waals surface area contributed by atoms with Crippen LogP contribution in [0.25, 0.3) is 11.0 Å². The van der Waals surface area contributed by atoms with Crippen molar-refractivity contribution in [1.82, 2.24) is 9.88 Å². The van der Waals surface area contributed by atoms with Crippen LogP contribution in [0.3, 0.4) is 0 Å². The molecule has 0 bridgehead atoms. The number of pyridine rings is 1. The van der Waals surface area contributed by atoms with E-state index in [1.54, 1.807) is 12.5 Å². The second-order valence-electron chi connectivity index (χ2n) is 5.15. The molecule has 2 aromatic rings. The molecule has 3 heterocycles. The number of fused-ring (bicyclic) bond motifs is 1. The Morgan fingerprint density at radius 1 is 1.45 bits per heavy atom. The van der Waals surface area contributed by atoms with Crippen LogP contribution in [0.15, 0.2) is 29.0 Å². The molecule has 1 saturated heterocycles. The van der Waals surface area contributed by atoms with Gasteiger partial charge in [-0.3, -0.25) is 9.69 Å². The molecule has 6 nitrogen and oxygen atoms in total. The van der Waals surface area contributed by atoms with E-state index < -0.39 is 0 Å². The molecule has 0 atom stereocenters. The van der Waals surface area contributed by atoms with E-state index in [2.05, 4.69) is 15.2 Å². The molecule has 3 rings (SSSR count). The van der Waals surface area contributed by atoms with Gasteiger partial charge in [-0.25, -0.2) is 4.98 Å². The Hall–Kier alpha value is -2.08. The first-order valence-electron chi connectivity index (χ1n) is 6.82. The fourth-order valence-electron chi connectivity index (χ4n) is 2.66. The summed E-state index contributed by atoms with van der Waals surface area (Å²) < 4.78 is 5.37. The number of furan rings is 1. The number of nitrogens with one attached hydrogen (secondary N) is 1. The highest BCUT2D eigenvalue weighted by Crippen LogP contribution is 2.24. The highest BCUT2D eigenvalue weighted by molar-refractivity contribution is 5.87. The SMILES string of the molecule is NC(=O)CN1CCC(Nc2nccc3occc23)CC1. The zero-order valence-electron chi connectivity index (χ0n) is 11.2. The molecular weight excluding hydrogens is 256 g/mol. The maximum atomic E-state index is 10.9. The monoisotopic (exact) mass is 274 g/mol. The standard InChI is InChI=1S/C14H18N4O2/c15-13(19)9-18-6-2-10(3-7-18)17-14-11-4-8-20-12(11)1-5-16-14/h1,4-5,8,10H,2-3,6-7,9H2,(H2,15,19)(H,16,17). The Morgan fingerprint density at radius 2 is 2.25 bits per heavy atom. The van der Waals surface area contributed by atoms with Crippen molar-refractivity contribution >= 4 is 22.7 Å². The van der Waals surface area contributed by atoms with E-state index in [-0.39, 0.29) is 5.91 Å². The van der Waals surface area contributed by atoms with Gasteiger partial charge in [0.2, 0.25) is 5.91 Å². The molecular formula is C14H18N4O2. The van der Waals surface area contributed by atoms with Crippen LogP contribution in [0.4, 0.5) is 5.82 Å². The summed E-state index contributed by atoms with van der Waals surface area (Å²) >= 11 is 0. The number of amides is 1. The number of piperidine rings is 1. The van der Waals surface area contributed by atoms with Crippen molar-refractivity contribution in [2.24, 2.45) is 5.73 Å². The van der Waals surface area contributed by atoms with Crippen molar-refractivity contribution in [3.05, 3.63) is 24.6 Å². The predicted molar refractivity (Wildman–Crippen MR) is 76.3 cm³/mol. The van der Waals surface area contributed by atoms with Crippen LogP contribution in [-0.4, -0.2) is 41.5 Å². The third-order valence-corrected chi connectivity index (χ3v) is 3.69. The lowest BCUT2D eigenvalue weighted by Crippen LogP contribution is -2.43. The van der Waals surface area contributed by atoms with Crippen LogP contribution >= 0.6 is 0 Å². The second-order valence-corrected chi connectivity index (χ2v) is 5.15. The first-order valence-corrected chi connectivity index (χ1v) is 6.82. The van der Waals surface area contributed by atoms with E-state index in [1.165, 1.54) is 0 Å². The van der Waals surface area contributed by atoms with Crippen LogP contribution in [0.2, 0.25) is 0 Å². The molecule has 1 amide bonds. The smallest absolute Gasteiger partial charge is 0.231 e. The summed E-state index contributed by atoms with van der Waals surface area (Å²) in [4.78, 5) is 17.4. The predicted octanol–water partition coefficient (Wildman–Crippen LogP) is 1.19. The summed E-state index contributed by atoms with van der Waals surface area (Å²) in [5.74, 6) is 0.603. The van der Waals surface area contributed by atoms with Gasteiger partial charge < -0.3 is 15.5 Å². The summed E-state index contributed by atoms with van der Waals surface area (Å²) in [5.41, 5.74) is 6.06. The summed E-state index contributed by atoms with van der Waals surface area (Å²) in [5, 5.41) is 4.48. The highest BCUT2D eigenvalue weighted by atomic mass is 16.3. The number of likely N-dealkylation sites (tertiary alicyclic amines) is 1. The summed E-state index contributed by atoms with van der Waals surface area (Å²) in [6.45, 7) is 2.10. The van der Waals surface area contributed by atoms with Crippen LogP contribution in [0, 0.1) is 0 Å². The van der Waals surface area contributed by atoms with Crippen molar-refractivity contribution in [2.45, 2.75) is 18.9 Å². The van der Waals surface area contributed by atoms with Gasteiger partial charge in [-0.15, -0.1) is 0 Å². The second kappa shape index (κ2) is 5.50. The van der Waals surface area contributed by atoms with E-state index >= 15 is 0 Å². The number of hydrogen-bond acceptors (Lipinski definition) is 5. The minimum Gasteiger partial charge on any atom is -0.464 e. The molecule has 1 aliphatic rings. The topological polar surface area (TPSA) is 84.4 Å². The van der Waals surface area contributed by atoms with E-state index in [1.807, 2.05) is 12.1 Å². The van der Waals surface area contributed by atoms with Gasteiger partial charge in [0, 0.05) is 25.3 Å². The Labute approximate surface area is 116 Å². The number of primary amides is 1. The number of rotatable bonds is 4. The van der Waals surface area contributed by atoms with Crippen molar-refractivity contribution in [3.63, 3.8) is 0 Å². The van der Waals surface area contributed by atoms with Crippen molar-refractivity contribution in [3.8, 4) is 0 Å². The average molecular weight is 274 g/mol. The van der Waals surface area contributed by atoms with Gasteiger partial charge >= 0.3 is 0 Å². The molecule has 1 fully saturated rings. The molecule has 0 aromatic carbocycles. The highest BCUT2D eigenvalue weighted by Gasteiger charge is 2.20. The van der Waals surface area contributed by atoms with Gasteiger partial charge in [-0.05, 0) is 25.0 Å². The molecule has 2 aromatic heterocycles. The number of carbonyl (C=O) groups excluding carboxylic acids is 1. The van der Waals surface area contributed by atoms with E-state index in [0.29, 0.717) is 12.6 Å². The minimum absolute atomic E-state index is 0.263. The molecule has 0 spiro atoms. The van der Waals surface area contributed by atoms with Crippen LogP contribution in [0.5, 0.6) is 0 Å². The number of anilines is 1. The number of nitrogens with zero attached hydrogens (tertiary/aromatic N) is 2. The summed E-state index contributed by atoms with van der Waals surface area (Å²) in [7, 11) is 0. The van der Waals surface area contributed by atoms with Crippen molar-refractivity contribution in [2.75, 3.05) is 25.0 Å². The first kappa shape index (κ1) is 12.9. The van der Waals surface area contributed by atoms with Gasteiger partial charge in [0.05, 0.1) is 18.2 Å². The summed E-state index contributed by atoms with van der Waals surface area (Å²) in [6, 6.07) is 4.15. The van der Waals surface area contributed by atoms with Crippen molar-refractivity contribution in [1.29, 1.82) is 0 Å². The molecule has 20 heavy (non-hydrogen) atoms. The Kier molecular flexibility index (Phi) is 3.56. The lowest BCUT2D eigenvalue weighted by molar-refractivity contribution is -0.119. The average Bonchev–Trinajstić information content (AvgIpc) is 2.90. The van der Waals surface area contributed by atoms with Gasteiger partial charge in [-0.2, -0.15) is 0 Å². The van der Waals surface area contributed by atoms with Crippen LogP contribution in [-0.2, 0) is 4.79 Å². The quantitative estimate of drug-likeness (QED) is 0.875. The van der Waals surface area contributed by atoms with Crippen molar-refractivity contribution < 1.29 is 9.21 Å². The molecule has 0 aliphatic carbocycles. The number of nitrogens with two attached hydrogens (primary N) is 1. The zero-order chi connectivity index (χ0) is 13.9. The first-order chi connectivity index (χ1) is 9.72. The third kappa shape index (κ3) is 2.75. The minimum atomic E-state index is -0.263. The maximum absolute atomic E-state index is 10.9. The molecule has 3 N–H and O–H groups in total. The van der Waals surface area contributed by atoms with E-state index in [0.717, 1.165) is 42.7 Å². The van der Waals surface area contributed by atoms with E-state index in [9.17, 15) is 4.79 Å². The lowest BCUT2D eigenvalue weighted by Gasteiger charge is -2.31. The Balaban J connectivity index is 1.62. The van der Waals surface area contributed by atoms with Crippen LogP contribution < -0.4 is 11.1 Å². The number of carbonyl (C=O) groups is 1. The fourth-order valence-corrected chi connectivity index (χ4v) is 2.66. The Morgan fingerprint density at radius 3 is 3.00 bits per heavy atom. The molecule has 6 heteroatoms. The fraction of sp³-hybridized carbons (Fsp3) is 0.429. The maximum Gasteiger partial charge on any atom is 0.231 e. The normalized spacial score (nSPS) is 17.4. The molecule has 0 radical (unpaired) electrons.